The Kier molecular flexibility index (Phi) is 3.84. The van der Waals surface area contributed by atoms with Gasteiger partial charge in [0.15, 0.2) is 4.77 Å². The number of fused-ring (bicyclic) bond motifs is 1. The molecule has 1 saturated carbocycles. The largest absolute Gasteiger partial charge is 0.391 e. The summed E-state index contributed by atoms with van der Waals surface area (Å²) < 4.78 is 15.9. The van der Waals surface area contributed by atoms with E-state index in [0.717, 1.165) is 37.6 Å². The lowest BCUT2D eigenvalue weighted by molar-refractivity contribution is 0.107. The van der Waals surface area contributed by atoms with E-state index in [2.05, 4.69) is 4.98 Å². The molecule has 108 valence electrons. The van der Waals surface area contributed by atoms with Crippen molar-refractivity contribution in [1.82, 2.24) is 9.55 Å². The lowest BCUT2D eigenvalue weighted by Gasteiger charge is -2.22. The Morgan fingerprint density at radius 3 is 2.85 bits per heavy atom. The highest BCUT2D eigenvalue weighted by Gasteiger charge is 2.25. The van der Waals surface area contributed by atoms with Gasteiger partial charge in [0.2, 0.25) is 0 Å². The van der Waals surface area contributed by atoms with Gasteiger partial charge in [0, 0.05) is 6.07 Å². The van der Waals surface area contributed by atoms with Gasteiger partial charge in [-0.2, -0.15) is 0 Å². The minimum Gasteiger partial charge on any atom is -0.391 e. The third-order valence-electron chi connectivity index (χ3n) is 4.03. The molecule has 2 N–H and O–H groups in total. The van der Waals surface area contributed by atoms with Gasteiger partial charge in [0.05, 0.1) is 28.2 Å². The van der Waals surface area contributed by atoms with Gasteiger partial charge in [-0.25, -0.2) is 4.39 Å². The third kappa shape index (κ3) is 2.38. The molecule has 2 atom stereocenters. The van der Waals surface area contributed by atoms with Crippen LogP contribution >= 0.6 is 23.8 Å². The van der Waals surface area contributed by atoms with Crippen LogP contribution in [-0.2, 0) is 0 Å². The number of aromatic nitrogens is 2. The van der Waals surface area contributed by atoms with Crippen LogP contribution in [0.15, 0.2) is 12.1 Å². The molecule has 0 bridgehead atoms. The van der Waals surface area contributed by atoms with E-state index in [9.17, 15) is 9.50 Å². The number of benzene rings is 1. The quantitative estimate of drug-likeness (QED) is 0.606. The van der Waals surface area contributed by atoms with Crippen molar-refractivity contribution in [3.05, 3.63) is 27.7 Å². The first-order valence-electron chi connectivity index (χ1n) is 6.85. The Hall–Kier alpha value is -0.910. The number of halogens is 2. The highest BCUT2D eigenvalue weighted by atomic mass is 35.5. The van der Waals surface area contributed by atoms with Crippen molar-refractivity contribution in [1.29, 1.82) is 0 Å². The minimum atomic E-state index is -0.469. The minimum absolute atomic E-state index is 0.0692. The SMILES string of the molecule is OC1CCCCCC1n1c(=S)[nH]c2cc(F)c(Cl)cc21. The van der Waals surface area contributed by atoms with Crippen molar-refractivity contribution in [3.8, 4) is 0 Å². The van der Waals surface area contributed by atoms with E-state index in [1.54, 1.807) is 6.07 Å². The van der Waals surface area contributed by atoms with Crippen molar-refractivity contribution in [3.63, 3.8) is 0 Å². The molecule has 6 heteroatoms. The number of aromatic amines is 1. The Balaban J connectivity index is 2.17. The van der Waals surface area contributed by atoms with Crippen molar-refractivity contribution >= 4 is 34.9 Å². The van der Waals surface area contributed by atoms with Crippen LogP contribution in [0, 0.1) is 10.6 Å². The Morgan fingerprint density at radius 1 is 1.30 bits per heavy atom. The molecular formula is C14H16ClFN2OS. The molecule has 0 spiro atoms. The fourth-order valence-electron chi connectivity index (χ4n) is 3.02. The molecule has 1 aliphatic carbocycles. The summed E-state index contributed by atoms with van der Waals surface area (Å²) in [6, 6.07) is 2.86. The molecule has 3 nitrogen and oxygen atoms in total. The predicted octanol–water partition coefficient (Wildman–Crippen LogP) is 4.36. The summed E-state index contributed by atoms with van der Waals surface area (Å²) in [5.41, 5.74) is 1.38. The second-order valence-electron chi connectivity index (χ2n) is 5.36. The average molecular weight is 315 g/mol. The van der Waals surface area contributed by atoms with Gasteiger partial charge < -0.3 is 14.7 Å². The molecule has 1 aromatic carbocycles. The summed E-state index contributed by atoms with van der Waals surface area (Å²) in [6.07, 6.45) is 4.43. The van der Waals surface area contributed by atoms with E-state index < -0.39 is 11.9 Å². The van der Waals surface area contributed by atoms with E-state index >= 15 is 0 Å². The first-order valence-corrected chi connectivity index (χ1v) is 7.64. The maximum atomic E-state index is 13.5. The smallest absolute Gasteiger partial charge is 0.178 e. The van der Waals surface area contributed by atoms with E-state index in [1.807, 2.05) is 4.57 Å². The van der Waals surface area contributed by atoms with E-state index in [1.165, 1.54) is 6.07 Å². The van der Waals surface area contributed by atoms with Crippen LogP contribution in [0.2, 0.25) is 5.02 Å². The first kappa shape index (κ1) is 14.0. The van der Waals surface area contributed by atoms with Crippen LogP contribution < -0.4 is 0 Å². The number of hydrogen-bond donors (Lipinski definition) is 2. The van der Waals surface area contributed by atoms with Crippen molar-refractivity contribution in [2.24, 2.45) is 0 Å². The third-order valence-corrected chi connectivity index (χ3v) is 4.62. The van der Waals surface area contributed by atoms with Gasteiger partial charge in [-0.1, -0.05) is 30.9 Å². The van der Waals surface area contributed by atoms with Crippen molar-refractivity contribution in [2.45, 2.75) is 44.2 Å². The number of hydrogen-bond acceptors (Lipinski definition) is 2. The zero-order valence-corrected chi connectivity index (χ0v) is 12.5. The van der Waals surface area contributed by atoms with Gasteiger partial charge in [0.1, 0.15) is 5.82 Å². The summed E-state index contributed by atoms with van der Waals surface area (Å²) in [5, 5.41) is 10.4. The number of nitrogens with one attached hydrogen (secondary N) is 1. The fourth-order valence-corrected chi connectivity index (χ4v) is 3.52. The van der Waals surface area contributed by atoms with Crippen LogP contribution in [0.25, 0.3) is 11.0 Å². The molecule has 2 aromatic rings. The van der Waals surface area contributed by atoms with Gasteiger partial charge >= 0.3 is 0 Å². The summed E-state index contributed by atoms with van der Waals surface area (Å²) in [6.45, 7) is 0. The summed E-state index contributed by atoms with van der Waals surface area (Å²) in [4.78, 5) is 3.00. The maximum absolute atomic E-state index is 13.5. The second kappa shape index (κ2) is 5.47. The monoisotopic (exact) mass is 314 g/mol. The Bertz CT molecular complexity index is 696. The molecular weight excluding hydrogens is 299 g/mol. The molecule has 0 saturated heterocycles. The van der Waals surface area contributed by atoms with Gasteiger partial charge in [0.25, 0.3) is 0 Å². The highest BCUT2D eigenvalue weighted by Crippen LogP contribution is 2.32. The standard InChI is InChI=1S/C14H16ClFN2OS/c15-8-6-12-10(7-9(8)16)17-14(20)18(12)11-4-2-1-3-5-13(11)19/h6-7,11,13,19H,1-5H2,(H,17,20). The molecule has 1 fully saturated rings. The van der Waals surface area contributed by atoms with Crippen molar-refractivity contribution < 1.29 is 9.50 Å². The van der Waals surface area contributed by atoms with E-state index in [4.69, 9.17) is 23.8 Å². The molecule has 1 heterocycles. The lowest BCUT2D eigenvalue weighted by Crippen LogP contribution is -2.23. The van der Waals surface area contributed by atoms with Crippen LogP contribution in [0.1, 0.15) is 38.1 Å². The highest BCUT2D eigenvalue weighted by molar-refractivity contribution is 7.71. The molecule has 0 aliphatic heterocycles. The second-order valence-corrected chi connectivity index (χ2v) is 6.15. The normalized spacial score (nSPS) is 23.9. The summed E-state index contributed by atoms with van der Waals surface area (Å²) >= 11 is 11.2. The predicted molar refractivity (Wildman–Crippen MR) is 80.2 cm³/mol. The molecule has 2 unspecified atom stereocenters. The van der Waals surface area contributed by atoms with Crippen molar-refractivity contribution in [2.75, 3.05) is 0 Å². The number of nitrogens with zero attached hydrogens (tertiary/aromatic N) is 1. The zero-order valence-electron chi connectivity index (χ0n) is 10.9. The molecule has 0 radical (unpaired) electrons. The molecule has 0 amide bonds. The maximum Gasteiger partial charge on any atom is 0.178 e. The van der Waals surface area contributed by atoms with Gasteiger partial charge in [-0.3, -0.25) is 0 Å². The number of rotatable bonds is 1. The van der Waals surface area contributed by atoms with Gasteiger partial charge in [-0.15, -0.1) is 0 Å². The average Bonchev–Trinajstić information content (AvgIpc) is 2.58. The fraction of sp³-hybridized carbons (Fsp3) is 0.500. The number of imidazole rings is 1. The van der Waals surface area contributed by atoms with E-state index in [0.29, 0.717) is 10.3 Å². The number of H-pyrrole nitrogens is 1. The Morgan fingerprint density at radius 2 is 2.05 bits per heavy atom. The molecule has 3 rings (SSSR count). The van der Waals surface area contributed by atoms with Crippen LogP contribution in [0.5, 0.6) is 0 Å². The lowest BCUT2D eigenvalue weighted by atomic mass is 10.1. The Labute approximate surface area is 126 Å². The van der Waals surface area contributed by atoms with Crippen LogP contribution in [-0.4, -0.2) is 20.8 Å². The molecule has 1 aromatic heterocycles. The van der Waals surface area contributed by atoms with Crippen LogP contribution in [0.3, 0.4) is 0 Å². The van der Waals surface area contributed by atoms with Crippen LogP contribution in [0.4, 0.5) is 4.39 Å². The summed E-state index contributed by atoms with van der Waals surface area (Å²) in [7, 11) is 0. The number of aliphatic hydroxyl groups is 1. The topological polar surface area (TPSA) is 41.0 Å². The molecule has 1 aliphatic rings. The van der Waals surface area contributed by atoms with E-state index in [-0.39, 0.29) is 11.1 Å². The first-order chi connectivity index (χ1) is 9.58. The zero-order chi connectivity index (χ0) is 14.3. The summed E-state index contributed by atoms with van der Waals surface area (Å²) in [5.74, 6) is -0.469. The number of aliphatic hydroxyl groups excluding tert-OH is 1. The van der Waals surface area contributed by atoms with Gasteiger partial charge in [-0.05, 0) is 31.1 Å². The molecule has 20 heavy (non-hydrogen) atoms.